The minimum atomic E-state index is -0.499. The number of para-hydroxylation sites is 1. The number of anilines is 1. The van der Waals surface area contributed by atoms with Crippen LogP contribution in [0.15, 0.2) is 87.7 Å². The molecule has 1 amide bonds. The van der Waals surface area contributed by atoms with Crippen molar-refractivity contribution in [1.82, 2.24) is 4.98 Å². The number of aromatic nitrogens is 1. The smallest absolute Gasteiger partial charge is 0.291 e. The van der Waals surface area contributed by atoms with Gasteiger partial charge in [0.2, 0.25) is 5.89 Å². The Hall–Kier alpha value is -4.92. The average molecular weight is 455 g/mol. The molecule has 0 unspecified atom stereocenters. The van der Waals surface area contributed by atoms with Crippen LogP contribution >= 0.6 is 0 Å². The highest BCUT2D eigenvalue weighted by Gasteiger charge is 2.19. The molecule has 2 aromatic heterocycles. The van der Waals surface area contributed by atoms with Crippen LogP contribution in [0.5, 0.6) is 5.75 Å². The molecule has 9 heteroatoms. The molecule has 0 saturated heterocycles. The van der Waals surface area contributed by atoms with Gasteiger partial charge < -0.3 is 18.9 Å². The molecule has 2 heterocycles. The number of nitro benzene ring substituents is 1. The molecule has 0 aliphatic heterocycles. The molecular formula is C25H17N3O6. The molecule has 168 valence electrons. The maximum atomic E-state index is 12.7. The Morgan fingerprint density at radius 3 is 2.68 bits per heavy atom. The van der Waals surface area contributed by atoms with Gasteiger partial charge in [-0.15, -0.1) is 0 Å². The fraction of sp³-hybridized carbons (Fsp3) is 0.0400. The molecule has 3 aromatic carbocycles. The van der Waals surface area contributed by atoms with E-state index in [0.717, 1.165) is 5.56 Å². The van der Waals surface area contributed by atoms with Crippen LogP contribution in [0.2, 0.25) is 0 Å². The fourth-order valence-corrected chi connectivity index (χ4v) is 3.52. The van der Waals surface area contributed by atoms with Crippen LogP contribution in [0.25, 0.3) is 33.9 Å². The van der Waals surface area contributed by atoms with Crippen molar-refractivity contribution in [3.05, 3.63) is 94.7 Å². The van der Waals surface area contributed by atoms with Crippen LogP contribution < -0.4 is 10.1 Å². The summed E-state index contributed by atoms with van der Waals surface area (Å²) in [5.41, 5.74) is 2.57. The second kappa shape index (κ2) is 8.55. The van der Waals surface area contributed by atoms with Gasteiger partial charge in [-0.05, 0) is 54.6 Å². The molecule has 9 nitrogen and oxygen atoms in total. The third-order valence-corrected chi connectivity index (χ3v) is 5.16. The topological polar surface area (TPSA) is 121 Å². The summed E-state index contributed by atoms with van der Waals surface area (Å²) in [4.78, 5) is 28.0. The number of hydrogen-bond acceptors (Lipinski definition) is 7. The molecule has 0 fully saturated rings. The molecule has 5 rings (SSSR count). The van der Waals surface area contributed by atoms with Crippen molar-refractivity contribution in [2.75, 3.05) is 12.4 Å². The number of benzene rings is 3. The Labute approximate surface area is 192 Å². The van der Waals surface area contributed by atoms with Crippen LogP contribution in [0, 0.1) is 10.1 Å². The lowest BCUT2D eigenvalue weighted by atomic mass is 10.1. The number of rotatable bonds is 6. The molecule has 0 aliphatic rings. The van der Waals surface area contributed by atoms with Crippen molar-refractivity contribution < 1.29 is 23.3 Å². The molecular weight excluding hydrogens is 438 g/mol. The fourth-order valence-electron chi connectivity index (χ4n) is 3.52. The number of amides is 1. The third kappa shape index (κ3) is 3.97. The minimum Gasteiger partial charge on any atom is -0.497 e. The van der Waals surface area contributed by atoms with Crippen LogP contribution in [0.3, 0.4) is 0 Å². The van der Waals surface area contributed by atoms with Gasteiger partial charge in [-0.2, -0.15) is 0 Å². The molecule has 1 N–H and O–H groups in total. The molecule has 0 radical (unpaired) electrons. The number of nitro groups is 1. The van der Waals surface area contributed by atoms with E-state index < -0.39 is 10.8 Å². The van der Waals surface area contributed by atoms with Gasteiger partial charge >= 0.3 is 0 Å². The number of nitrogens with zero attached hydrogens (tertiary/aromatic N) is 2. The van der Waals surface area contributed by atoms with Crippen molar-refractivity contribution >= 4 is 28.4 Å². The van der Waals surface area contributed by atoms with E-state index in [-0.39, 0.29) is 17.2 Å². The number of furan rings is 1. The highest BCUT2D eigenvalue weighted by atomic mass is 16.6. The van der Waals surface area contributed by atoms with E-state index in [1.54, 1.807) is 43.5 Å². The van der Waals surface area contributed by atoms with Gasteiger partial charge in [-0.3, -0.25) is 14.9 Å². The summed E-state index contributed by atoms with van der Waals surface area (Å²) in [5, 5.41) is 14.0. The molecule has 0 spiro atoms. The lowest BCUT2D eigenvalue weighted by molar-refractivity contribution is -0.384. The number of fused-ring (bicyclic) bond motifs is 1. The molecule has 5 aromatic rings. The Morgan fingerprint density at radius 2 is 1.85 bits per heavy atom. The van der Waals surface area contributed by atoms with Crippen LogP contribution in [-0.4, -0.2) is 22.9 Å². The normalized spacial score (nSPS) is 10.9. The SMILES string of the molecule is COc1cccc(-c2nc3cc(NC(=O)c4ccc(-c5ccccc5[N+](=O)[O-])o4)ccc3o2)c1. The molecule has 0 aliphatic carbocycles. The predicted molar refractivity (Wildman–Crippen MR) is 125 cm³/mol. The zero-order chi connectivity index (χ0) is 23.7. The highest BCUT2D eigenvalue weighted by Crippen LogP contribution is 2.32. The van der Waals surface area contributed by atoms with Crippen LogP contribution in [0.1, 0.15) is 10.6 Å². The summed E-state index contributed by atoms with van der Waals surface area (Å²) >= 11 is 0. The first-order valence-electron chi connectivity index (χ1n) is 10.2. The summed E-state index contributed by atoms with van der Waals surface area (Å²) in [6.07, 6.45) is 0. The van der Waals surface area contributed by atoms with Gasteiger partial charge in [0.1, 0.15) is 17.0 Å². The first-order valence-corrected chi connectivity index (χ1v) is 10.2. The van der Waals surface area contributed by atoms with Crippen molar-refractivity contribution in [1.29, 1.82) is 0 Å². The maximum absolute atomic E-state index is 12.7. The standard InChI is InChI=1S/C25H17N3O6/c1-32-17-6-4-5-15(13-17)25-27-19-14-16(9-10-22(19)34-25)26-24(29)23-12-11-21(33-23)18-7-2-3-8-20(18)28(30)31/h2-14H,1H3,(H,26,29). The zero-order valence-corrected chi connectivity index (χ0v) is 17.8. The lowest BCUT2D eigenvalue weighted by Gasteiger charge is -2.03. The van der Waals surface area contributed by atoms with Crippen molar-refractivity contribution in [2.45, 2.75) is 0 Å². The van der Waals surface area contributed by atoms with Crippen LogP contribution in [0.4, 0.5) is 11.4 Å². The summed E-state index contributed by atoms with van der Waals surface area (Å²) in [5.74, 6) is 0.863. The number of oxazole rings is 1. The second-order valence-electron chi connectivity index (χ2n) is 7.33. The molecule has 34 heavy (non-hydrogen) atoms. The van der Waals surface area contributed by atoms with Gasteiger partial charge in [0.05, 0.1) is 17.6 Å². The minimum absolute atomic E-state index is 0.0190. The second-order valence-corrected chi connectivity index (χ2v) is 7.33. The van der Waals surface area contributed by atoms with Crippen molar-refractivity contribution in [3.8, 4) is 28.5 Å². The molecule has 0 atom stereocenters. The largest absolute Gasteiger partial charge is 0.497 e. The van der Waals surface area contributed by atoms with Gasteiger partial charge in [0, 0.05) is 17.3 Å². The predicted octanol–water partition coefficient (Wildman–Crippen LogP) is 5.92. The Morgan fingerprint density at radius 1 is 1.00 bits per heavy atom. The summed E-state index contributed by atoms with van der Waals surface area (Å²) < 4.78 is 16.7. The quantitative estimate of drug-likeness (QED) is 0.249. The van der Waals surface area contributed by atoms with E-state index >= 15 is 0 Å². The number of carbonyl (C=O) groups is 1. The average Bonchev–Trinajstić information content (AvgIpc) is 3.51. The maximum Gasteiger partial charge on any atom is 0.291 e. The lowest BCUT2D eigenvalue weighted by Crippen LogP contribution is -2.10. The third-order valence-electron chi connectivity index (χ3n) is 5.16. The zero-order valence-electron chi connectivity index (χ0n) is 17.8. The number of carbonyl (C=O) groups excluding carboxylic acids is 1. The van der Waals surface area contributed by atoms with E-state index in [0.29, 0.717) is 34.0 Å². The first kappa shape index (κ1) is 21.0. The molecule has 0 saturated carbocycles. The van der Waals surface area contributed by atoms with E-state index in [1.165, 1.54) is 18.2 Å². The van der Waals surface area contributed by atoms with Crippen molar-refractivity contribution in [3.63, 3.8) is 0 Å². The van der Waals surface area contributed by atoms with Gasteiger partial charge in [0.15, 0.2) is 11.3 Å². The van der Waals surface area contributed by atoms with Gasteiger partial charge in [-0.1, -0.05) is 18.2 Å². The monoisotopic (exact) mass is 455 g/mol. The summed E-state index contributed by atoms with van der Waals surface area (Å²) in [6, 6.07) is 21.6. The van der Waals surface area contributed by atoms with E-state index in [4.69, 9.17) is 13.6 Å². The number of nitrogens with one attached hydrogen (secondary N) is 1. The molecule has 0 bridgehead atoms. The highest BCUT2D eigenvalue weighted by molar-refractivity contribution is 6.03. The Kier molecular flexibility index (Phi) is 5.27. The summed E-state index contributed by atoms with van der Waals surface area (Å²) in [6.45, 7) is 0. The van der Waals surface area contributed by atoms with E-state index in [9.17, 15) is 14.9 Å². The van der Waals surface area contributed by atoms with E-state index in [2.05, 4.69) is 10.3 Å². The number of ether oxygens (including phenoxy) is 1. The van der Waals surface area contributed by atoms with Crippen molar-refractivity contribution in [2.24, 2.45) is 0 Å². The Balaban J connectivity index is 1.37. The number of methoxy groups -OCH3 is 1. The van der Waals surface area contributed by atoms with Gasteiger partial charge in [0.25, 0.3) is 11.6 Å². The number of hydrogen-bond donors (Lipinski definition) is 1. The van der Waals surface area contributed by atoms with Gasteiger partial charge in [-0.25, -0.2) is 4.98 Å². The Bertz CT molecular complexity index is 1530. The first-order chi connectivity index (χ1) is 16.5. The van der Waals surface area contributed by atoms with Crippen LogP contribution in [-0.2, 0) is 0 Å². The van der Waals surface area contributed by atoms with E-state index in [1.807, 2.05) is 24.3 Å². The summed E-state index contributed by atoms with van der Waals surface area (Å²) in [7, 11) is 1.59.